The highest BCUT2D eigenvalue weighted by molar-refractivity contribution is 9.10. The highest BCUT2D eigenvalue weighted by Gasteiger charge is 2.08. The van der Waals surface area contributed by atoms with Crippen molar-refractivity contribution in [2.75, 3.05) is 0 Å². The van der Waals surface area contributed by atoms with Crippen molar-refractivity contribution in [1.29, 1.82) is 0 Å². The van der Waals surface area contributed by atoms with Crippen LogP contribution in [0.1, 0.15) is 4.88 Å². The fourth-order valence-corrected chi connectivity index (χ4v) is 3.13. The summed E-state index contributed by atoms with van der Waals surface area (Å²) in [6.45, 7) is 0. The molecule has 110 valence electrons. The van der Waals surface area contributed by atoms with E-state index in [1.807, 2.05) is 30.3 Å². The van der Waals surface area contributed by atoms with Crippen LogP contribution < -0.4 is 10.5 Å². The van der Waals surface area contributed by atoms with Crippen LogP contribution in [0.3, 0.4) is 0 Å². The molecule has 0 aliphatic carbocycles. The molecule has 0 fully saturated rings. The second-order valence-electron chi connectivity index (χ2n) is 4.49. The SMILES string of the molecule is NC(=O)/C=C/c1cc2c(Oc3ccc(Br)cc3)cncc2s1. The summed E-state index contributed by atoms with van der Waals surface area (Å²) in [5.41, 5.74) is 5.12. The van der Waals surface area contributed by atoms with Crippen LogP contribution in [0.5, 0.6) is 11.5 Å². The van der Waals surface area contributed by atoms with E-state index in [2.05, 4.69) is 20.9 Å². The average molecular weight is 375 g/mol. The number of benzene rings is 1. The number of thiophene rings is 1. The Kier molecular flexibility index (Phi) is 4.22. The maximum Gasteiger partial charge on any atom is 0.241 e. The molecule has 2 N–H and O–H groups in total. The molecule has 0 spiro atoms. The summed E-state index contributed by atoms with van der Waals surface area (Å²) in [5.74, 6) is 0.939. The van der Waals surface area contributed by atoms with Crippen LogP contribution in [0.4, 0.5) is 0 Å². The molecule has 2 aromatic heterocycles. The third-order valence-electron chi connectivity index (χ3n) is 2.88. The fourth-order valence-electron chi connectivity index (χ4n) is 1.91. The number of nitrogens with zero attached hydrogens (tertiary/aromatic N) is 1. The van der Waals surface area contributed by atoms with E-state index in [0.29, 0.717) is 5.75 Å². The minimum Gasteiger partial charge on any atom is -0.455 e. The molecule has 0 aliphatic rings. The standard InChI is InChI=1S/C16H11BrN2O2S/c17-10-1-3-11(4-2-10)21-14-8-19-9-15-13(14)7-12(22-15)5-6-16(18)20/h1-9H,(H2,18,20)/b6-5+. The summed E-state index contributed by atoms with van der Waals surface area (Å²) in [6, 6.07) is 9.54. The van der Waals surface area contributed by atoms with Crippen molar-refractivity contribution in [3.05, 3.63) is 58.2 Å². The summed E-state index contributed by atoms with van der Waals surface area (Å²) in [4.78, 5) is 15.9. The van der Waals surface area contributed by atoms with Gasteiger partial charge in [-0.05, 0) is 36.4 Å². The molecular formula is C16H11BrN2O2S. The van der Waals surface area contributed by atoms with Gasteiger partial charge in [-0.15, -0.1) is 11.3 Å². The van der Waals surface area contributed by atoms with Gasteiger partial charge < -0.3 is 10.5 Å². The van der Waals surface area contributed by atoms with Crippen LogP contribution in [-0.2, 0) is 4.79 Å². The van der Waals surface area contributed by atoms with E-state index in [0.717, 1.165) is 25.2 Å². The highest BCUT2D eigenvalue weighted by atomic mass is 79.9. The highest BCUT2D eigenvalue weighted by Crippen LogP contribution is 2.35. The van der Waals surface area contributed by atoms with Gasteiger partial charge in [-0.3, -0.25) is 9.78 Å². The number of carbonyl (C=O) groups excluding carboxylic acids is 1. The van der Waals surface area contributed by atoms with Gasteiger partial charge in [-0.2, -0.15) is 0 Å². The van der Waals surface area contributed by atoms with Crippen molar-refractivity contribution in [2.45, 2.75) is 0 Å². The minimum atomic E-state index is -0.470. The van der Waals surface area contributed by atoms with Gasteiger partial charge in [0.05, 0.1) is 10.9 Å². The Morgan fingerprint density at radius 3 is 2.77 bits per heavy atom. The summed E-state index contributed by atoms with van der Waals surface area (Å²) in [5, 5.41) is 0.951. The maximum absolute atomic E-state index is 10.8. The maximum atomic E-state index is 10.8. The molecule has 0 radical (unpaired) electrons. The molecule has 4 nitrogen and oxygen atoms in total. The Hall–Kier alpha value is -2.18. The van der Waals surface area contributed by atoms with E-state index < -0.39 is 5.91 Å². The molecule has 0 aliphatic heterocycles. The van der Waals surface area contributed by atoms with E-state index in [1.165, 1.54) is 17.4 Å². The van der Waals surface area contributed by atoms with Gasteiger partial charge in [-0.25, -0.2) is 0 Å². The van der Waals surface area contributed by atoms with Crippen LogP contribution in [0.25, 0.3) is 16.2 Å². The molecule has 6 heteroatoms. The van der Waals surface area contributed by atoms with Gasteiger partial charge in [0, 0.05) is 27.0 Å². The molecule has 0 saturated carbocycles. The lowest BCUT2D eigenvalue weighted by Crippen LogP contribution is -2.04. The molecule has 2 heterocycles. The second-order valence-corrected chi connectivity index (χ2v) is 6.52. The summed E-state index contributed by atoms with van der Waals surface area (Å²) >= 11 is 4.91. The molecule has 3 aromatic rings. The van der Waals surface area contributed by atoms with Gasteiger partial charge in [0.25, 0.3) is 0 Å². The monoisotopic (exact) mass is 374 g/mol. The van der Waals surface area contributed by atoms with Gasteiger partial charge >= 0.3 is 0 Å². The number of ether oxygens (including phenoxy) is 1. The van der Waals surface area contributed by atoms with E-state index in [-0.39, 0.29) is 0 Å². The van der Waals surface area contributed by atoms with Crippen LogP contribution in [0.15, 0.2) is 53.3 Å². The normalized spacial score (nSPS) is 11.1. The quantitative estimate of drug-likeness (QED) is 0.690. The number of nitrogens with two attached hydrogens (primary N) is 1. The average Bonchev–Trinajstić information content (AvgIpc) is 2.92. The summed E-state index contributed by atoms with van der Waals surface area (Å²) < 4.78 is 7.87. The van der Waals surface area contributed by atoms with Crippen LogP contribution in [0, 0.1) is 0 Å². The number of hydrogen-bond acceptors (Lipinski definition) is 4. The molecule has 0 saturated heterocycles. The number of primary amides is 1. The lowest BCUT2D eigenvalue weighted by Gasteiger charge is -2.06. The third-order valence-corrected chi connectivity index (χ3v) is 4.45. The number of halogens is 1. The van der Waals surface area contributed by atoms with Gasteiger partial charge in [0.2, 0.25) is 5.91 Å². The van der Waals surface area contributed by atoms with Gasteiger partial charge in [0.15, 0.2) is 5.75 Å². The Bertz CT molecular complexity index is 856. The zero-order chi connectivity index (χ0) is 15.5. The summed E-state index contributed by atoms with van der Waals surface area (Å²) in [7, 11) is 0. The van der Waals surface area contributed by atoms with E-state index in [4.69, 9.17) is 10.5 Å². The molecule has 3 rings (SSSR count). The first-order valence-electron chi connectivity index (χ1n) is 6.40. The lowest BCUT2D eigenvalue weighted by molar-refractivity contribution is -0.113. The predicted molar refractivity (Wildman–Crippen MR) is 92.1 cm³/mol. The molecule has 0 bridgehead atoms. The lowest BCUT2D eigenvalue weighted by atomic mass is 10.2. The molecule has 0 unspecified atom stereocenters. The number of pyridine rings is 1. The predicted octanol–water partition coefficient (Wildman–Crippen LogP) is 4.35. The van der Waals surface area contributed by atoms with Crippen molar-refractivity contribution < 1.29 is 9.53 Å². The van der Waals surface area contributed by atoms with E-state index in [9.17, 15) is 4.79 Å². The topological polar surface area (TPSA) is 65.2 Å². The number of carbonyl (C=O) groups is 1. The van der Waals surface area contributed by atoms with Crippen molar-refractivity contribution in [3.8, 4) is 11.5 Å². The summed E-state index contributed by atoms with van der Waals surface area (Å²) in [6.07, 6.45) is 6.48. The van der Waals surface area contributed by atoms with Crippen molar-refractivity contribution in [2.24, 2.45) is 5.73 Å². The Labute approximate surface area is 139 Å². The molecule has 1 amide bonds. The number of fused-ring (bicyclic) bond motifs is 1. The molecular weight excluding hydrogens is 364 g/mol. The fraction of sp³-hybridized carbons (Fsp3) is 0. The zero-order valence-corrected chi connectivity index (χ0v) is 13.7. The number of aromatic nitrogens is 1. The van der Waals surface area contributed by atoms with Crippen LogP contribution in [-0.4, -0.2) is 10.9 Å². The molecule has 22 heavy (non-hydrogen) atoms. The van der Waals surface area contributed by atoms with Crippen molar-refractivity contribution >= 4 is 49.3 Å². The van der Waals surface area contributed by atoms with Crippen LogP contribution >= 0.6 is 27.3 Å². The number of hydrogen-bond donors (Lipinski definition) is 1. The van der Waals surface area contributed by atoms with Gasteiger partial charge in [-0.1, -0.05) is 15.9 Å². The minimum absolute atomic E-state index is 0.470. The Balaban J connectivity index is 1.95. The first-order chi connectivity index (χ1) is 10.6. The number of amides is 1. The van der Waals surface area contributed by atoms with Crippen molar-refractivity contribution in [1.82, 2.24) is 4.98 Å². The number of rotatable bonds is 4. The Morgan fingerprint density at radius 2 is 2.05 bits per heavy atom. The van der Waals surface area contributed by atoms with Crippen LogP contribution in [0.2, 0.25) is 0 Å². The first kappa shape index (κ1) is 14.7. The van der Waals surface area contributed by atoms with Crippen molar-refractivity contribution in [3.63, 3.8) is 0 Å². The third kappa shape index (κ3) is 3.35. The van der Waals surface area contributed by atoms with E-state index >= 15 is 0 Å². The molecule has 1 aromatic carbocycles. The smallest absolute Gasteiger partial charge is 0.241 e. The zero-order valence-electron chi connectivity index (χ0n) is 11.3. The molecule has 0 atom stereocenters. The Morgan fingerprint density at radius 1 is 1.27 bits per heavy atom. The largest absolute Gasteiger partial charge is 0.455 e. The van der Waals surface area contributed by atoms with E-state index in [1.54, 1.807) is 18.5 Å². The van der Waals surface area contributed by atoms with Gasteiger partial charge in [0.1, 0.15) is 5.75 Å². The second kappa shape index (κ2) is 6.29. The first-order valence-corrected chi connectivity index (χ1v) is 8.01.